The molecule has 0 saturated carbocycles. The number of hydrogen-bond donors (Lipinski definition) is 1. The molecule has 0 spiro atoms. The fraction of sp³-hybridized carbons (Fsp3) is 0.941. The monoisotopic (exact) mass is 295 g/mol. The number of carbonyl (C=O) groups is 1. The van der Waals surface area contributed by atoms with Gasteiger partial charge in [0.05, 0.1) is 12.2 Å². The highest BCUT2D eigenvalue weighted by Gasteiger charge is 2.37. The van der Waals surface area contributed by atoms with Crippen molar-refractivity contribution >= 4 is 5.91 Å². The predicted molar refractivity (Wildman–Crippen MR) is 87.1 cm³/mol. The number of rotatable bonds is 7. The molecule has 2 aliphatic rings. The molecular formula is C17H33N3O. The van der Waals surface area contributed by atoms with Crippen molar-refractivity contribution in [2.24, 2.45) is 5.92 Å². The zero-order chi connectivity index (χ0) is 15.2. The first-order chi connectivity index (χ1) is 10.2. The molecule has 0 aromatic carbocycles. The van der Waals surface area contributed by atoms with E-state index < -0.39 is 0 Å². The van der Waals surface area contributed by atoms with E-state index in [9.17, 15) is 4.79 Å². The highest BCUT2D eigenvalue weighted by atomic mass is 16.2. The van der Waals surface area contributed by atoms with Crippen LogP contribution in [0.2, 0.25) is 0 Å². The molecule has 0 bridgehead atoms. The molecule has 4 heteroatoms. The Morgan fingerprint density at radius 1 is 1.19 bits per heavy atom. The van der Waals surface area contributed by atoms with Crippen LogP contribution in [0.1, 0.15) is 58.8 Å². The van der Waals surface area contributed by atoms with E-state index in [2.05, 4.69) is 36.0 Å². The van der Waals surface area contributed by atoms with E-state index in [4.69, 9.17) is 0 Å². The van der Waals surface area contributed by atoms with E-state index >= 15 is 0 Å². The van der Waals surface area contributed by atoms with Crippen LogP contribution in [0.5, 0.6) is 0 Å². The number of piperidine rings is 1. The lowest BCUT2D eigenvalue weighted by Crippen LogP contribution is -2.39. The molecule has 1 N–H and O–H groups in total. The summed E-state index contributed by atoms with van der Waals surface area (Å²) in [7, 11) is 2.20. The van der Waals surface area contributed by atoms with Gasteiger partial charge in [0, 0.05) is 6.54 Å². The smallest absolute Gasteiger partial charge is 0.241 e. The van der Waals surface area contributed by atoms with Gasteiger partial charge in [-0.1, -0.05) is 26.7 Å². The van der Waals surface area contributed by atoms with Crippen LogP contribution in [-0.2, 0) is 4.79 Å². The lowest BCUT2D eigenvalue weighted by Gasteiger charge is -2.31. The standard InChI is InChI=1S/C17H33N3O/c1-4-6-7-15-17(21)20(16(5-2)18-15)13-10-14-8-11-19(3)12-9-14/h14-16,18H,4-13H2,1-3H3. The summed E-state index contributed by atoms with van der Waals surface area (Å²) in [6.07, 6.45) is 8.35. The molecule has 2 fully saturated rings. The molecule has 2 unspecified atom stereocenters. The molecule has 2 heterocycles. The Morgan fingerprint density at radius 2 is 1.90 bits per heavy atom. The molecule has 0 aliphatic carbocycles. The first-order valence-corrected chi connectivity index (χ1v) is 8.90. The second kappa shape index (κ2) is 8.14. The number of carbonyl (C=O) groups excluding carboxylic acids is 1. The Hall–Kier alpha value is -0.610. The van der Waals surface area contributed by atoms with Gasteiger partial charge in [-0.2, -0.15) is 0 Å². The third kappa shape index (κ3) is 4.43. The quantitative estimate of drug-likeness (QED) is 0.783. The van der Waals surface area contributed by atoms with Gasteiger partial charge in [-0.05, 0) is 58.2 Å². The molecule has 4 nitrogen and oxygen atoms in total. The summed E-state index contributed by atoms with van der Waals surface area (Å²) < 4.78 is 0. The number of nitrogens with one attached hydrogen (secondary N) is 1. The van der Waals surface area contributed by atoms with Gasteiger partial charge in [0.2, 0.25) is 5.91 Å². The fourth-order valence-corrected chi connectivity index (χ4v) is 3.64. The van der Waals surface area contributed by atoms with Crippen molar-refractivity contribution in [2.45, 2.75) is 71.0 Å². The minimum absolute atomic E-state index is 0.0763. The van der Waals surface area contributed by atoms with Crippen LogP contribution < -0.4 is 5.32 Å². The lowest BCUT2D eigenvalue weighted by atomic mass is 9.93. The van der Waals surface area contributed by atoms with Crippen molar-refractivity contribution in [3.05, 3.63) is 0 Å². The zero-order valence-electron chi connectivity index (χ0n) is 14.1. The number of hydrogen-bond acceptors (Lipinski definition) is 3. The van der Waals surface area contributed by atoms with Gasteiger partial charge in [-0.3, -0.25) is 10.1 Å². The fourth-order valence-electron chi connectivity index (χ4n) is 3.64. The van der Waals surface area contributed by atoms with Crippen molar-refractivity contribution in [3.63, 3.8) is 0 Å². The van der Waals surface area contributed by atoms with E-state index in [1.807, 2.05) is 0 Å². The van der Waals surface area contributed by atoms with E-state index in [1.165, 1.54) is 32.4 Å². The molecule has 1 amide bonds. The van der Waals surface area contributed by atoms with Crippen LogP contribution in [0, 0.1) is 5.92 Å². The highest BCUT2D eigenvalue weighted by molar-refractivity contribution is 5.84. The largest absolute Gasteiger partial charge is 0.326 e. The van der Waals surface area contributed by atoms with Gasteiger partial charge in [0.15, 0.2) is 0 Å². The molecule has 0 aromatic rings. The van der Waals surface area contributed by atoms with E-state index in [0.29, 0.717) is 5.91 Å². The third-order valence-electron chi connectivity index (χ3n) is 5.20. The van der Waals surface area contributed by atoms with Crippen molar-refractivity contribution < 1.29 is 4.79 Å². The first-order valence-electron chi connectivity index (χ1n) is 8.90. The number of amides is 1. The van der Waals surface area contributed by atoms with Gasteiger partial charge in [0.25, 0.3) is 0 Å². The summed E-state index contributed by atoms with van der Waals surface area (Å²) >= 11 is 0. The Bertz CT molecular complexity index is 326. The topological polar surface area (TPSA) is 35.6 Å². The Balaban J connectivity index is 1.81. The normalized spacial score (nSPS) is 28.5. The maximum atomic E-state index is 12.6. The predicted octanol–water partition coefficient (Wildman–Crippen LogP) is 2.45. The maximum absolute atomic E-state index is 12.6. The van der Waals surface area contributed by atoms with Crippen molar-refractivity contribution in [1.29, 1.82) is 0 Å². The molecule has 0 radical (unpaired) electrons. The van der Waals surface area contributed by atoms with Gasteiger partial charge in [-0.15, -0.1) is 0 Å². The molecule has 122 valence electrons. The van der Waals surface area contributed by atoms with Gasteiger partial charge in [0.1, 0.15) is 0 Å². The van der Waals surface area contributed by atoms with Crippen LogP contribution in [0.4, 0.5) is 0 Å². The summed E-state index contributed by atoms with van der Waals surface area (Å²) in [4.78, 5) is 17.1. The van der Waals surface area contributed by atoms with Crippen LogP contribution in [0.15, 0.2) is 0 Å². The van der Waals surface area contributed by atoms with E-state index in [0.717, 1.165) is 38.1 Å². The zero-order valence-corrected chi connectivity index (χ0v) is 14.1. The van der Waals surface area contributed by atoms with E-state index in [1.54, 1.807) is 0 Å². The summed E-state index contributed by atoms with van der Waals surface area (Å²) in [6, 6.07) is 0.0763. The van der Waals surface area contributed by atoms with E-state index in [-0.39, 0.29) is 12.2 Å². The van der Waals surface area contributed by atoms with Crippen LogP contribution in [0.25, 0.3) is 0 Å². The van der Waals surface area contributed by atoms with Crippen LogP contribution >= 0.6 is 0 Å². The summed E-state index contributed by atoms with van der Waals surface area (Å²) in [6.45, 7) is 7.74. The van der Waals surface area contributed by atoms with Gasteiger partial charge in [-0.25, -0.2) is 0 Å². The second-order valence-corrected chi connectivity index (χ2v) is 6.85. The first kappa shape index (κ1) is 16.8. The minimum atomic E-state index is 0.0763. The summed E-state index contributed by atoms with van der Waals surface area (Å²) in [5, 5.41) is 3.54. The van der Waals surface area contributed by atoms with Crippen LogP contribution in [-0.4, -0.2) is 54.6 Å². The number of unbranched alkanes of at least 4 members (excludes halogenated alkanes) is 1. The molecule has 21 heavy (non-hydrogen) atoms. The second-order valence-electron chi connectivity index (χ2n) is 6.85. The highest BCUT2D eigenvalue weighted by Crippen LogP contribution is 2.23. The average molecular weight is 295 g/mol. The molecule has 2 atom stereocenters. The lowest BCUT2D eigenvalue weighted by molar-refractivity contribution is -0.130. The summed E-state index contributed by atoms with van der Waals surface area (Å²) in [5.74, 6) is 1.16. The average Bonchev–Trinajstić information content (AvgIpc) is 2.80. The van der Waals surface area contributed by atoms with Gasteiger partial charge >= 0.3 is 0 Å². The molecule has 2 saturated heterocycles. The summed E-state index contributed by atoms with van der Waals surface area (Å²) in [5.41, 5.74) is 0. The van der Waals surface area contributed by atoms with Crippen molar-refractivity contribution in [3.8, 4) is 0 Å². The van der Waals surface area contributed by atoms with Crippen molar-refractivity contribution in [1.82, 2.24) is 15.1 Å². The SMILES string of the molecule is CCCCC1NC(CC)N(CCC2CCN(C)CC2)C1=O. The Labute approximate surface area is 130 Å². The van der Waals surface area contributed by atoms with Crippen LogP contribution in [0.3, 0.4) is 0 Å². The molecule has 2 aliphatic heterocycles. The molecule has 0 aromatic heterocycles. The number of nitrogens with zero attached hydrogens (tertiary/aromatic N) is 2. The van der Waals surface area contributed by atoms with Crippen molar-refractivity contribution in [2.75, 3.05) is 26.7 Å². The third-order valence-corrected chi connectivity index (χ3v) is 5.20. The Kier molecular flexibility index (Phi) is 6.49. The Morgan fingerprint density at radius 3 is 2.52 bits per heavy atom. The molecular weight excluding hydrogens is 262 g/mol. The number of likely N-dealkylation sites (tertiary alicyclic amines) is 1. The maximum Gasteiger partial charge on any atom is 0.241 e. The minimum Gasteiger partial charge on any atom is -0.326 e. The molecule has 2 rings (SSSR count). The van der Waals surface area contributed by atoms with Gasteiger partial charge < -0.3 is 9.80 Å².